The van der Waals surface area contributed by atoms with E-state index in [0.717, 1.165) is 26.8 Å². The molecule has 3 aromatic heterocycles. The van der Waals surface area contributed by atoms with Gasteiger partial charge in [-0.25, -0.2) is 9.78 Å². The molecule has 3 aromatic rings. The van der Waals surface area contributed by atoms with E-state index >= 15 is 0 Å². The molecular formula is C16H17N5OS. The largest absolute Gasteiger partial charge is 0.342 e. The van der Waals surface area contributed by atoms with E-state index in [4.69, 9.17) is 0 Å². The molecule has 0 aromatic carbocycles. The fraction of sp³-hybridized carbons (Fsp3) is 0.250. The van der Waals surface area contributed by atoms with Crippen LogP contribution in [0, 0.1) is 6.92 Å². The lowest BCUT2D eigenvalue weighted by molar-refractivity contribution is 0.237. The monoisotopic (exact) mass is 327 g/mol. The van der Waals surface area contributed by atoms with Gasteiger partial charge < -0.3 is 5.32 Å². The standard InChI is InChI=1S/C16H17N5OS/c1-10(2)18-16(22)21-8-6-13(20-21)14-11(3)19-15(23-14)12-5-4-7-17-9-12/h4-10H,1-3H3,(H,18,22). The molecule has 6 nitrogen and oxygen atoms in total. The highest BCUT2D eigenvalue weighted by Gasteiger charge is 2.15. The summed E-state index contributed by atoms with van der Waals surface area (Å²) in [5, 5.41) is 8.07. The number of rotatable bonds is 3. The second-order valence-electron chi connectivity index (χ2n) is 5.42. The number of carbonyl (C=O) groups is 1. The van der Waals surface area contributed by atoms with Crippen molar-refractivity contribution in [3.8, 4) is 21.1 Å². The van der Waals surface area contributed by atoms with Crippen molar-refractivity contribution in [2.75, 3.05) is 0 Å². The number of pyridine rings is 1. The van der Waals surface area contributed by atoms with Gasteiger partial charge in [-0.15, -0.1) is 11.3 Å². The normalized spacial score (nSPS) is 11.0. The van der Waals surface area contributed by atoms with Gasteiger partial charge in [-0.2, -0.15) is 9.78 Å². The molecule has 118 valence electrons. The lowest BCUT2D eigenvalue weighted by atomic mass is 10.3. The summed E-state index contributed by atoms with van der Waals surface area (Å²) in [6.07, 6.45) is 5.19. The number of nitrogens with one attached hydrogen (secondary N) is 1. The van der Waals surface area contributed by atoms with Crippen LogP contribution in [0.4, 0.5) is 4.79 Å². The quantitative estimate of drug-likeness (QED) is 0.801. The van der Waals surface area contributed by atoms with Crippen LogP contribution in [-0.4, -0.2) is 31.8 Å². The maximum Gasteiger partial charge on any atom is 0.342 e. The molecule has 0 fully saturated rings. The Morgan fingerprint density at radius 1 is 1.35 bits per heavy atom. The number of aromatic nitrogens is 4. The average molecular weight is 327 g/mol. The Morgan fingerprint density at radius 3 is 2.87 bits per heavy atom. The maximum atomic E-state index is 12.0. The van der Waals surface area contributed by atoms with Crippen LogP contribution in [0.1, 0.15) is 19.5 Å². The molecule has 3 rings (SSSR count). The highest BCUT2D eigenvalue weighted by atomic mass is 32.1. The smallest absolute Gasteiger partial charge is 0.334 e. The van der Waals surface area contributed by atoms with Crippen LogP contribution in [0.2, 0.25) is 0 Å². The van der Waals surface area contributed by atoms with Gasteiger partial charge in [0.05, 0.1) is 10.6 Å². The molecule has 0 unspecified atom stereocenters. The van der Waals surface area contributed by atoms with Crippen LogP contribution in [0.15, 0.2) is 36.8 Å². The van der Waals surface area contributed by atoms with Crippen molar-refractivity contribution in [1.82, 2.24) is 25.1 Å². The summed E-state index contributed by atoms with van der Waals surface area (Å²) in [6, 6.07) is 5.52. The van der Waals surface area contributed by atoms with E-state index in [1.807, 2.05) is 39.0 Å². The summed E-state index contributed by atoms with van der Waals surface area (Å²) in [6.45, 7) is 5.77. The zero-order chi connectivity index (χ0) is 16.4. The highest BCUT2D eigenvalue weighted by Crippen LogP contribution is 2.33. The van der Waals surface area contributed by atoms with Crippen LogP contribution in [-0.2, 0) is 0 Å². The van der Waals surface area contributed by atoms with E-state index in [9.17, 15) is 4.79 Å². The summed E-state index contributed by atoms with van der Waals surface area (Å²) < 4.78 is 1.32. The fourth-order valence-electron chi connectivity index (χ4n) is 2.12. The minimum atomic E-state index is -0.235. The predicted octanol–water partition coefficient (Wildman–Crippen LogP) is 3.34. The molecule has 0 spiro atoms. The van der Waals surface area contributed by atoms with Crippen molar-refractivity contribution in [3.05, 3.63) is 42.5 Å². The third kappa shape index (κ3) is 3.29. The molecule has 0 atom stereocenters. The van der Waals surface area contributed by atoms with Crippen LogP contribution in [0.5, 0.6) is 0 Å². The Labute approximate surface area is 138 Å². The third-order valence-corrected chi connectivity index (χ3v) is 4.38. The van der Waals surface area contributed by atoms with Gasteiger partial charge in [0, 0.05) is 30.2 Å². The van der Waals surface area contributed by atoms with Gasteiger partial charge in [0.15, 0.2) is 0 Å². The maximum absolute atomic E-state index is 12.0. The Kier molecular flexibility index (Phi) is 4.20. The molecule has 1 amide bonds. The van der Waals surface area contributed by atoms with E-state index in [1.165, 1.54) is 4.68 Å². The molecule has 0 radical (unpaired) electrons. The molecule has 0 bridgehead atoms. The van der Waals surface area contributed by atoms with Crippen LogP contribution in [0.25, 0.3) is 21.1 Å². The van der Waals surface area contributed by atoms with Gasteiger partial charge in [-0.05, 0) is 39.0 Å². The van der Waals surface area contributed by atoms with Crippen LogP contribution in [0.3, 0.4) is 0 Å². The van der Waals surface area contributed by atoms with Crippen molar-refractivity contribution >= 4 is 17.4 Å². The van der Waals surface area contributed by atoms with Crippen LogP contribution < -0.4 is 5.32 Å². The number of amides is 1. The molecule has 3 heterocycles. The summed E-state index contributed by atoms with van der Waals surface area (Å²) in [5.41, 5.74) is 2.61. The lowest BCUT2D eigenvalue weighted by Gasteiger charge is -2.06. The molecule has 1 N–H and O–H groups in total. The van der Waals surface area contributed by atoms with E-state index < -0.39 is 0 Å². The van der Waals surface area contributed by atoms with Crippen molar-refractivity contribution < 1.29 is 4.79 Å². The number of aryl methyl sites for hydroxylation is 1. The van der Waals surface area contributed by atoms with Gasteiger partial charge in [0.1, 0.15) is 10.7 Å². The first-order valence-electron chi connectivity index (χ1n) is 7.29. The highest BCUT2D eigenvalue weighted by molar-refractivity contribution is 7.18. The Balaban J connectivity index is 1.90. The van der Waals surface area contributed by atoms with Gasteiger partial charge in [-0.3, -0.25) is 4.98 Å². The number of nitrogens with zero attached hydrogens (tertiary/aromatic N) is 4. The van der Waals surface area contributed by atoms with Crippen molar-refractivity contribution in [1.29, 1.82) is 0 Å². The number of hydrogen-bond acceptors (Lipinski definition) is 5. The topological polar surface area (TPSA) is 72.7 Å². The van der Waals surface area contributed by atoms with Crippen LogP contribution >= 0.6 is 11.3 Å². The molecule has 7 heteroatoms. The molecule has 0 aliphatic rings. The second-order valence-corrected chi connectivity index (χ2v) is 6.42. The summed E-state index contributed by atoms with van der Waals surface area (Å²) in [7, 11) is 0. The third-order valence-electron chi connectivity index (χ3n) is 3.15. The average Bonchev–Trinajstić information content (AvgIpc) is 3.14. The van der Waals surface area contributed by atoms with Crippen molar-refractivity contribution in [3.63, 3.8) is 0 Å². The fourth-order valence-corrected chi connectivity index (χ4v) is 3.14. The summed E-state index contributed by atoms with van der Waals surface area (Å²) >= 11 is 1.55. The molecule has 0 aliphatic carbocycles. The molecule has 0 saturated heterocycles. The summed E-state index contributed by atoms with van der Waals surface area (Å²) in [5.74, 6) is 0. The first kappa shape index (κ1) is 15.4. The lowest BCUT2D eigenvalue weighted by Crippen LogP contribution is -2.34. The van der Waals surface area contributed by atoms with E-state index in [0.29, 0.717) is 0 Å². The molecule has 0 aliphatic heterocycles. The van der Waals surface area contributed by atoms with Gasteiger partial charge in [0.25, 0.3) is 0 Å². The minimum Gasteiger partial charge on any atom is -0.334 e. The zero-order valence-corrected chi connectivity index (χ0v) is 14.0. The number of thiazole rings is 1. The number of hydrogen-bond donors (Lipinski definition) is 1. The Hall–Kier alpha value is -2.54. The minimum absolute atomic E-state index is 0.0671. The van der Waals surface area contributed by atoms with Gasteiger partial charge >= 0.3 is 6.03 Å². The molecule has 0 saturated carbocycles. The van der Waals surface area contributed by atoms with Gasteiger partial charge in [-0.1, -0.05) is 0 Å². The van der Waals surface area contributed by atoms with E-state index in [1.54, 1.807) is 29.9 Å². The first-order chi connectivity index (χ1) is 11.0. The van der Waals surface area contributed by atoms with E-state index in [-0.39, 0.29) is 12.1 Å². The molecule has 23 heavy (non-hydrogen) atoms. The van der Waals surface area contributed by atoms with Crippen molar-refractivity contribution in [2.24, 2.45) is 0 Å². The number of carbonyl (C=O) groups excluding carboxylic acids is 1. The van der Waals surface area contributed by atoms with E-state index in [2.05, 4.69) is 20.4 Å². The SMILES string of the molecule is Cc1nc(-c2cccnc2)sc1-c1ccn(C(=O)NC(C)C)n1. The first-order valence-corrected chi connectivity index (χ1v) is 8.11. The van der Waals surface area contributed by atoms with Gasteiger partial charge in [0.2, 0.25) is 0 Å². The van der Waals surface area contributed by atoms with Crippen molar-refractivity contribution in [2.45, 2.75) is 26.8 Å². The Bertz CT molecular complexity index is 822. The second kappa shape index (κ2) is 6.29. The molecular weight excluding hydrogens is 310 g/mol. The zero-order valence-electron chi connectivity index (χ0n) is 13.1. The summed E-state index contributed by atoms with van der Waals surface area (Å²) in [4.78, 5) is 21.6. The predicted molar refractivity (Wildman–Crippen MR) is 90.4 cm³/mol. The Morgan fingerprint density at radius 2 is 2.17 bits per heavy atom.